The summed E-state index contributed by atoms with van der Waals surface area (Å²) in [7, 11) is 0. The van der Waals surface area contributed by atoms with E-state index in [2.05, 4.69) is 22.2 Å². The molecule has 0 spiro atoms. The van der Waals surface area contributed by atoms with Crippen molar-refractivity contribution in [3.8, 4) is 5.88 Å². The average molecular weight is 223 g/mol. The number of anilines is 1. The van der Waals surface area contributed by atoms with E-state index in [4.69, 9.17) is 0 Å². The molecule has 2 N–H and O–H groups in total. The minimum absolute atomic E-state index is 0.0287. The molecule has 0 aromatic carbocycles. The van der Waals surface area contributed by atoms with Crippen molar-refractivity contribution >= 4 is 5.69 Å². The molecule has 4 heteroatoms. The van der Waals surface area contributed by atoms with Gasteiger partial charge in [-0.2, -0.15) is 0 Å². The van der Waals surface area contributed by atoms with Crippen molar-refractivity contribution in [2.24, 2.45) is 0 Å². The normalized spacial score (nSPS) is 10.3. The Hall–Kier alpha value is -1.32. The van der Waals surface area contributed by atoms with E-state index in [0.717, 1.165) is 13.0 Å². The van der Waals surface area contributed by atoms with Crippen molar-refractivity contribution in [3.63, 3.8) is 0 Å². The van der Waals surface area contributed by atoms with Crippen molar-refractivity contribution in [3.05, 3.63) is 12.5 Å². The fourth-order valence-electron chi connectivity index (χ4n) is 1.58. The first-order valence-corrected chi connectivity index (χ1v) is 6.07. The molecule has 0 radical (unpaired) electrons. The smallest absolute Gasteiger partial charge is 0.238 e. The Morgan fingerprint density at radius 1 is 1.19 bits per heavy atom. The fraction of sp³-hybridized carbons (Fsp3) is 0.667. The molecular formula is C12H21N3O. The summed E-state index contributed by atoms with van der Waals surface area (Å²) in [5.41, 5.74) is 0.621. The number of hydrogen-bond donors (Lipinski definition) is 2. The number of aromatic hydroxyl groups is 1. The summed E-state index contributed by atoms with van der Waals surface area (Å²) in [4.78, 5) is 7.55. The van der Waals surface area contributed by atoms with Crippen LogP contribution in [0.4, 0.5) is 5.69 Å². The van der Waals surface area contributed by atoms with Gasteiger partial charge >= 0.3 is 0 Å². The second-order valence-corrected chi connectivity index (χ2v) is 3.95. The van der Waals surface area contributed by atoms with Crippen LogP contribution < -0.4 is 5.32 Å². The van der Waals surface area contributed by atoms with Crippen LogP contribution in [0.3, 0.4) is 0 Å². The molecule has 0 bridgehead atoms. The molecule has 4 nitrogen and oxygen atoms in total. The highest BCUT2D eigenvalue weighted by Crippen LogP contribution is 2.16. The number of hydrogen-bond acceptors (Lipinski definition) is 4. The third-order valence-electron chi connectivity index (χ3n) is 2.54. The summed E-state index contributed by atoms with van der Waals surface area (Å²) in [5, 5.41) is 12.5. The first-order chi connectivity index (χ1) is 7.84. The Kier molecular flexibility index (Phi) is 6.30. The number of nitrogens with one attached hydrogen (secondary N) is 1. The summed E-state index contributed by atoms with van der Waals surface area (Å²) in [6.07, 6.45) is 10.5. The summed E-state index contributed by atoms with van der Waals surface area (Å²) in [6.45, 7) is 3.09. The van der Waals surface area contributed by atoms with E-state index in [-0.39, 0.29) is 5.88 Å². The van der Waals surface area contributed by atoms with E-state index in [1.807, 2.05) is 0 Å². The molecule has 0 amide bonds. The van der Waals surface area contributed by atoms with Crippen molar-refractivity contribution in [2.75, 3.05) is 11.9 Å². The standard InChI is InChI=1S/C12H21N3O/c1-2-3-4-5-6-7-8-14-11-9-13-10-15-12(11)16/h9-10,14H,2-8H2,1H3,(H,13,15,16). The maximum atomic E-state index is 9.37. The molecule has 16 heavy (non-hydrogen) atoms. The van der Waals surface area contributed by atoms with Crippen LogP contribution in [0.25, 0.3) is 0 Å². The number of aromatic nitrogens is 2. The number of nitrogens with zero attached hydrogens (tertiary/aromatic N) is 2. The highest BCUT2D eigenvalue weighted by Gasteiger charge is 1.99. The zero-order valence-electron chi connectivity index (χ0n) is 9.95. The van der Waals surface area contributed by atoms with Gasteiger partial charge in [0.05, 0.1) is 6.20 Å². The zero-order valence-corrected chi connectivity index (χ0v) is 9.95. The van der Waals surface area contributed by atoms with Gasteiger partial charge in [0.15, 0.2) is 0 Å². The van der Waals surface area contributed by atoms with Gasteiger partial charge < -0.3 is 10.4 Å². The van der Waals surface area contributed by atoms with Crippen LogP contribution >= 0.6 is 0 Å². The summed E-state index contributed by atoms with van der Waals surface area (Å²) >= 11 is 0. The van der Waals surface area contributed by atoms with E-state index in [1.54, 1.807) is 6.20 Å². The first-order valence-electron chi connectivity index (χ1n) is 6.07. The molecule has 1 aromatic heterocycles. The zero-order chi connectivity index (χ0) is 11.6. The van der Waals surface area contributed by atoms with Crippen molar-refractivity contribution < 1.29 is 5.11 Å². The van der Waals surface area contributed by atoms with Crippen LogP contribution in [0.2, 0.25) is 0 Å². The van der Waals surface area contributed by atoms with E-state index >= 15 is 0 Å². The molecule has 0 saturated carbocycles. The van der Waals surface area contributed by atoms with Gasteiger partial charge in [0, 0.05) is 6.54 Å². The second kappa shape index (κ2) is 7.91. The Morgan fingerprint density at radius 2 is 1.94 bits per heavy atom. The van der Waals surface area contributed by atoms with Gasteiger partial charge in [-0.25, -0.2) is 9.97 Å². The topological polar surface area (TPSA) is 58.0 Å². The highest BCUT2D eigenvalue weighted by atomic mass is 16.3. The highest BCUT2D eigenvalue weighted by molar-refractivity contribution is 5.48. The molecule has 0 unspecified atom stereocenters. The largest absolute Gasteiger partial charge is 0.492 e. The molecule has 1 rings (SSSR count). The maximum Gasteiger partial charge on any atom is 0.238 e. The van der Waals surface area contributed by atoms with Crippen LogP contribution in [0.5, 0.6) is 5.88 Å². The molecule has 0 aliphatic rings. The quantitative estimate of drug-likeness (QED) is 0.665. The molecule has 0 saturated heterocycles. The van der Waals surface area contributed by atoms with Crippen LogP contribution in [0.1, 0.15) is 45.4 Å². The fourth-order valence-corrected chi connectivity index (χ4v) is 1.58. The molecule has 90 valence electrons. The van der Waals surface area contributed by atoms with Gasteiger partial charge in [-0.05, 0) is 6.42 Å². The van der Waals surface area contributed by atoms with Gasteiger partial charge in [-0.1, -0.05) is 39.0 Å². The molecule has 0 atom stereocenters. The van der Waals surface area contributed by atoms with Crippen LogP contribution in [-0.4, -0.2) is 21.6 Å². The van der Waals surface area contributed by atoms with Crippen LogP contribution in [0, 0.1) is 0 Å². The summed E-state index contributed by atoms with van der Waals surface area (Å²) < 4.78 is 0. The van der Waals surface area contributed by atoms with E-state index in [0.29, 0.717) is 5.69 Å². The molecule has 0 aliphatic heterocycles. The second-order valence-electron chi connectivity index (χ2n) is 3.95. The Labute approximate surface area is 97.1 Å². The average Bonchev–Trinajstić information content (AvgIpc) is 2.30. The molecule has 0 aliphatic carbocycles. The van der Waals surface area contributed by atoms with E-state index in [1.165, 1.54) is 38.4 Å². The number of rotatable bonds is 8. The SMILES string of the molecule is CCCCCCCCNc1cncnc1O. The Bertz CT molecular complexity index is 291. The minimum atomic E-state index is 0.0287. The van der Waals surface area contributed by atoms with Gasteiger partial charge in [0.25, 0.3) is 0 Å². The van der Waals surface area contributed by atoms with E-state index in [9.17, 15) is 5.11 Å². The number of unbranched alkanes of at least 4 members (excludes halogenated alkanes) is 5. The lowest BCUT2D eigenvalue weighted by atomic mass is 10.1. The minimum Gasteiger partial charge on any atom is -0.492 e. The third-order valence-corrected chi connectivity index (χ3v) is 2.54. The Morgan fingerprint density at radius 3 is 2.69 bits per heavy atom. The van der Waals surface area contributed by atoms with Gasteiger partial charge in [-0.15, -0.1) is 0 Å². The van der Waals surface area contributed by atoms with Crippen LogP contribution in [0.15, 0.2) is 12.5 Å². The lowest BCUT2D eigenvalue weighted by Gasteiger charge is -2.06. The van der Waals surface area contributed by atoms with Crippen molar-refractivity contribution in [1.29, 1.82) is 0 Å². The first kappa shape index (κ1) is 12.7. The van der Waals surface area contributed by atoms with Crippen LogP contribution in [-0.2, 0) is 0 Å². The van der Waals surface area contributed by atoms with Crippen molar-refractivity contribution in [1.82, 2.24) is 9.97 Å². The molecule has 0 fully saturated rings. The summed E-state index contributed by atoms with van der Waals surface area (Å²) in [5.74, 6) is 0.0287. The predicted molar refractivity (Wildman–Crippen MR) is 65.6 cm³/mol. The predicted octanol–water partition coefficient (Wildman–Crippen LogP) is 2.95. The molecule has 1 heterocycles. The lowest BCUT2D eigenvalue weighted by molar-refractivity contribution is 0.454. The third kappa shape index (κ3) is 4.96. The molecule has 1 aromatic rings. The van der Waals surface area contributed by atoms with Gasteiger partial charge in [0.2, 0.25) is 5.88 Å². The van der Waals surface area contributed by atoms with Gasteiger partial charge in [-0.3, -0.25) is 0 Å². The summed E-state index contributed by atoms with van der Waals surface area (Å²) in [6, 6.07) is 0. The maximum absolute atomic E-state index is 9.37. The lowest BCUT2D eigenvalue weighted by Crippen LogP contribution is -2.02. The molecular weight excluding hydrogens is 202 g/mol. The van der Waals surface area contributed by atoms with Crippen molar-refractivity contribution in [2.45, 2.75) is 45.4 Å². The Balaban J connectivity index is 2.05. The van der Waals surface area contributed by atoms with Gasteiger partial charge in [0.1, 0.15) is 12.0 Å². The van der Waals surface area contributed by atoms with E-state index < -0.39 is 0 Å². The monoisotopic (exact) mass is 223 g/mol.